The molecular formula is C21H22F3N5O2. The van der Waals surface area contributed by atoms with Crippen LogP contribution in [0.15, 0.2) is 36.9 Å². The Kier molecular flexibility index (Phi) is 5.34. The fourth-order valence-electron chi connectivity index (χ4n) is 3.92. The van der Waals surface area contributed by atoms with Crippen LogP contribution >= 0.6 is 0 Å². The third-order valence-electron chi connectivity index (χ3n) is 5.21. The Morgan fingerprint density at radius 1 is 1.19 bits per heavy atom. The zero-order valence-electron chi connectivity index (χ0n) is 17.3. The second-order valence-corrected chi connectivity index (χ2v) is 7.43. The lowest BCUT2D eigenvalue weighted by atomic mass is 10.0. The number of aliphatic hydroxyl groups is 1. The van der Waals surface area contributed by atoms with Crippen LogP contribution < -0.4 is 9.64 Å². The van der Waals surface area contributed by atoms with Gasteiger partial charge < -0.3 is 14.7 Å². The SMILES string of the molecule is CCOc1cncc(-c2cc(C)c3c(n2)C(C)N(c2cnn(CC(F)(F)F)c2)C3O)c1. The van der Waals surface area contributed by atoms with E-state index in [1.165, 1.54) is 12.4 Å². The summed E-state index contributed by atoms with van der Waals surface area (Å²) in [6.07, 6.45) is 0.501. The van der Waals surface area contributed by atoms with Crippen molar-refractivity contribution < 1.29 is 23.0 Å². The minimum absolute atomic E-state index is 0.366. The normalized spacial score (nSPS) is 18.4. The number of aryl methyl sites for hydroxylation is 1. The van der Waals surface area contributed by atoms with E-state index in [9.17, 15) is 18.3 Å². The summed E-state index contributed by atoms with van der Waals surface area (Å²) in [5.74, 6) is 0.631. The summed E-state index contributed by atoms with van der Waals surface area (Å²) in [6, 6.07) is 3.34. The Morgan fingerprint density at radius 2 is 1.97 bits per heavy atom. The molecule has 0 fully saturated rings. The molecule has 0 saturated heterocycles. The smallest absolute Gasteiger partial charge is 0.408 e. The molecule has 164 valence electrons. The van der Waals surface area contributed by atoms with Crippen molar-refractivity contribution in [1.29, 1.82) is 0 Å². The lowest BCUT2D eigenvalue weighted by Gasteiger charge is -2.25. The molecule has 3 aromatic heterocycles. The minimum Gasteiger partial charge on any atom is -0.492 e. The zero-order valence-corrected chi connectivity index (χ0v) is 17.3. The van der Waals surface area contributed by atoms with Gasteiger partial charge in [0, 0.05) is 23.5 Å². The number of alkyl halides is 3. The van der Waals surface area contributed by atoms with Crippen molar-refractivity contribution in [3.63, 3.8) is 0 Å². The van der Waals surface area contributed by atoms with E-state index in [-0.39, 0.29) is 6.04 Å². The Hall–Kier alpha value is -3.14. The molecule has 3 aromatic rings. The summed E-state index contributed by atoms with van der Waals surface area (Å²) in [6.45, 7) is 4.93. The van der Waals surface area contributed by atoms with Gasteiger partial charge in [0.15, 0.2) is 6.23 Å². The van der Waals surface area contributed by atoms with Gasteiger partial charge in [0.25, 0.3) is 0 Å². The van der Waals surface area contributed by atoms with E-state index in [1.54, 1.807) is 17.3 Å². The number of aliphatic hydroxyl groups excluding tert-OH is 1. The van der Waals surface area contributed by atoms with Gasteiger partial charge in [-0.05, 0) is 38.5 Å². The highest BCUT2D eigenvalue weighted by molar-refractivity contribution is 5.64. The molecule has 10 heteroatoms. The molecule has 1 aliphatic rings. The van der Waals surface area contributed by atoms with Gasteiger partial charge in [0.05, 0.1) is 42.1 Å². The molecular weight excluding hydrogens is 411 g/mol. The Bertz CT molecular complexity index is 1100. The van der Waals surface area contributed by atoms with Crippen LogP contribution in [0.3, 0.4) is 0 Å². The first-order valence-corrected chi connectivity index (χ1v) is 9.83. The largest absolute Gasteiger partial charge is 0.492 e. The van der Waals surface area contributed by atoms with Crippen LogP contribution in [0.4, 0.5) is 18.9 Å². The molecule has 0 saturated carbocycles. The third kappa shape index (κ3) is 4.07. The van der Waals surface area contributed by atoms with E-state index in [1.807, 2.05) is 32.9 Å². The van der Waals surface area contributed by atoms with Crippen molar-refractivity contribution >= 4 is 5.69 Å². The first-order valence-electron chi connectivity index (χ1n) is 9.83. The number of fused-ring (bicyclic) bond motifs is 1. The third-order valence-corrected chi connectivity index (χ3v) is 5.21. The Morgan fingerprint density at radius 3 is 2.68 bits per heavy atom. The highest BCUT2D eigenvalue weighted by atomic mass is 19.4. The van der Waals surface area contributed by atoms with Gasteiger partial charge in [-0.25, -0.2) is 0 Å². The summed E-state index contributed by atoms with van der Waals surface area (Å²) in [5, 5.41) is 14.8. The molecule has 2 unspecified atom stereocenters. The van der Waals surface area contributed by atoms with Crippen molar-refractivity contribution in [1.82, 2.24) is 19.7 Å². The van der Waals surface area contributed by atoms with E-state index in [2.05, 4.69) is 10.1 Å². The number of halogens is 3. The number of rotatable bonds is 5. The molecule has 1 aliphatic heterocycles. The van der Waals surface area contributed by atoms with E-state index in [4.69, 9.17) is 9.72 Å². The van der Waals surface area contributed by atoms with E-state index < -0.39 is 18.9 Å². The molecule has 7 nitrogen and oxygen atoms in total. The molecule has 0 bridgehead atoms. The maximum absolute atomic E-state index is 12.7. The van der Waals surface area contributed by atoms with E-state index in [0.717, 1.165) is 15.8 Å². The van der Waals surface area contributed by atoms with Crippen molar-refractivity contribution in [2.24, 2.45) is 0 Å². The lowest BCUT2D eigenvalue weighted by molar-refractivity contribution is -0.142. The van der Waals surface area contributed by atoms with Gasteiger partial charge in [-0.2, -0.15) is 18.3 Å². The summed E-state index contributed by atoms with van der Waals surface area (Å²) < 4.78 is 44.4. The molecule has 0 spiro atoms. The second-order valence-electron chi connectivity index (χ2n) is 7.43. The van der Waals surface area contributed by atoms with Crippen LogP contribution in [0.1, 0.15) is 42.9 Å². The molecule has 2 atom stereocenters. The quantitative estimate of drug-likeness (QED) is 0.651. The summed E-state index contributed by atoms with van der Waals surface area (Å²) >= 11 is 0. The number of ether oxygens (including phenoxy) is 1. The van der Waals surface area contributed by atoms with E-state index in [0.29, 0.717) is 35.0 Å². The molecule has 4 heterocycles. The molecule has 0 amide bonds. The minimum atomic E-state index is -4.38. The van der Waals surface area contributed by atoms with Gasteiger partial charge in [-0.1, -0.05) is 0 Å². The number of anilines is 1. The monoisotopic (exact) mass is 433 g/mol. The van der Waals surface area contributed by atoms with Crippen molar-refractivity contribution in [2.75, 3.05) is 11.5 Å². The lowest BCUT2D eigenvalue weighted by Crippen LogP contribution is -2.24. The summed E-state index contributed by atoms with van der Waals surface area (Å²) in [7, 11) is 0. The molecule has 1 N–H and O–H groups in total. The fraction of sp³-hybridized carbons (Fsp3) is 0.381. The maximum atomic E-state index is 12.7. The highest BCUT2D eigenvalue weighted by Crippen LogP contribution is 2.45. The van der Waals surface area contributed by atoms with Crippen molar-refractivity contribution in [2.45, 2.75) is 45.8 Å². The number of aromatic nitrogens is 4. The topological polar surface area (TPSA) is 76.3 Å². The van der Waals surface area contributed by atoms with Crippen molar-refractivity contribution in [3.05, 3.63) is 53.7 Å². The Balaban J connectivity index is 1.68. The summed E-state index contributed by atoms with van der Waals surface area (Å²) in [4.78, 5) is 10.6. The van der Waals surface area contributed by atoms with Crippen LogP contribution in [-0.4, -0.2) is 37.6 Å². The molecule has 0 aliphatic carbocycles. The van der Waals surface area contributed by atoms with Gasteiger partial charge >= 0.3 is 6.18 Å². The van der Waals surface area contributed by atoms with Crippen LogP contribution in [-0.2, 0) is 6.54 Å². The predicted molar refractivity (Wildman–Crippen MR) is 108 cm³/mol. The first-order chi connectivity index (χ1) is 14.7. The number of pyridine rings is 2. The zero-order chi connectivity index (χ0) is 22.3. The second kappa shape index (κ2) is 7.84. The Labute approximate surface area is 177 Å². The first kappa shape index (κ1) is 21.1. The van der Waals surface area contributed by atoms with Crippen LogP contribution in [0.5, 0.6) is 5.75 Å². The van der Waals surface area contributed by atoms with Crippen LogP contribution in [0, 0.1) is 6.92 Å². The van der Waals surface area contributed by atoms with Crippen LogP contribution in [0.25, 0.3) is 11.3 Å². The van der Waals surface area contributed by atoms with Gasteiger partial charge in [-0.3, -0.25) is 14.6 Å². The van der Waals surface area contributed by atoms with Crippen molar-refractivity contribution in [3.8, 4) is 17.0 Å². The predicted octanol–water partition coefficient (Wildman–Crippen LogP) is 4.18. The van der Waals surface area contributed by atoms with Gasteiger partial charge in [0.1, 0.15) is 12.3 Å². The average Bonchev–Trinajstić information content (AvgIpc) is 3.23. The number of hydrogen-bond donors (Lipinski definition) is 1. The fourth-order valence-corrected chi connectivity index (χ4v) is 3.92. The molecule has 4 rings (SSSR count). The standard InChI is InChI=1S/C21H22F3N5O2/c1-4-31-16-6-14(7-25-9-16)17-5-12(2)18-19(27-17)13(3)29(20(18)30)15-8-26-28(10-15)11-21(22,23)24/h5-10,13,20,30H,4,11H2,1-3H3. The number of hydrogen-bond acceptors (Lipinski definition) is 6. The molecule has 31 heavy (non-hydrogen) atoms. The average molecular weight is 433 g/mol. The van der Waals surface area contributed by atoms with Gasteiger partial charge in [-0.15, -0.1) is 0 Å². The van der Waals surface area contributed by atoms with Gasteiger partial charge in [0.2, 0.25) is 0 Å². The molecule has 0 aromatic carbocycles. The van der Waals surface area contributed by atoms with Crippen LogP contribution in [0.2, 0.25) is 0 Å². The summed E-state index contributed by atoms with van der Waals surface area (Å²) in [5.41, 5.74) is 3.98. The molecule has 0 radical (unpaired) electrons. The number of nitrogens with zero attached hydrogens (tertiary/aromatic N) is 5. The highest BCUT2D eigenvalue weighted by Gasteiger charge is 2.39. The maximum Gasteiger partial charge on any atom is 0.408 e. The van der Waals surface area contributed by atoms with E-state index >= 15 is 0 Å².